The number of nitrogens with one attached hydrogen (secondary N) is 1. The highest BCUT2D eigenvalue weighted by molar-refractivity contribution is 7.93. The van der Waals surface area contributed by atoms with Gasteiger partial charge in [0.1, 0.15) is 9.77 Å². The lowest BCUT2D eigenvalue weighted by atomic mass is 10.2. The van der Waals surface area contributed by atoms with Gasteiger partial charge in [-0.1, -0.05) is 18.2 Å². The molecule has 0 fully saturated rings. The Balaban J connectivity index is 1.84. The summed E-state index contributed by atoms with van der Waals surface area (Å²) in [4.78, 5) is 12.8. The van der Waals surface area contributed by atoms with Gasteiger partial charge in [-0.15, -0.1) is 11.3 Å². The molecule has 0 saturated heterocycles. The van der Waals surface area contributed by atoms with Crippen LogP contribution < -0.4 is 9.62 Å². The summed E-state index contributed by atoms with van der Waals surface area (Å²) in [5, 5.41) is 4.11. The second kappa shape index (κ2) is 10.0. The quantitative estimate of drug-likeness (QED) is 0.471. The number of carbonyl (C=O) groups excluding carboxylic acids is 1. The van der Waals surface area contributed by atoms with Crippen molar-refractivity contribution in [1.82, 2.24) is 0 Å². The normalized spacial score (nSPS) is 11.8. The molecule has 0 unspecified atom stereocenters. The van der Waals surface area contributed by atoms with Crippen molar-refractivity contribution >= 4 is 48.5 Å². The van der Waals surface area contributed by atoms with E-state index in [2.05, 4.69) is 5.32 Å². The minimum atomic E-state index is -4.02. The van der Waals surface area contributed by atoms with E-state index in [1.54, 1.807) is 24.3 Å². The highest BCUT2D eigenvalue weighted by atomic mass is 32.2. The van der Waals surface area contributed by atoms with Crippen LogP contribution in [0.4, 0.5) is 11.4 Å². The van der Waals surface area contributed by atoms with Crippen LogP contribution in [0.3, 0.4) is 0 Å². The summed E-state index contributed by atoms with van der Waals surface area (Å²) in [6.07, 6.45) is 1.07. The molecule has 1 aromatic heterocycles. The number of carbonyl (C=O) groups is 1. The van der Waals surface area contributed by atoms with E-state index in [9.17, 15) is 21.6 Å². The third-order valence-corrected chi connectivity index (χ3v) is 8.75. The summed E-state index contributed by atoms with van der Waals surface area (Å²) in [7, 11) is -6.06. The molecule has 3 rings (SSSR count). The molecule has 0 bridgehead atoms. The number of thiophene rings is 1. The fourth-order valence-corrected chi connectivity index (χ4v) is 6.12. The summed E-state index contributed by atoms with van der Waals surface area (Å²) < 4.78 is 56.5. The number of ether oxygens (including phenoxy) is 1. The second-order valence-corrected chi connectivity index (χ2v) is 12.0. The number of hydrogen-bond donors (Lipinski definition) is 1. The second-order valence-electron chi connectivity index (χ2n) is 7.14. The Morgan fingerprint density at radius 2 is 1.76 bits per heavy atom. The number of sulfone groups is 1. The van der Waals surface area contributed by atoms with Crippen molar-refractivity contribution in [3.8, 4) is 0 Å². The lowest BCUT2D eigenvalue weighted by Crippen LogP contribution is -2.28. The standard InChI is InChI=1S/C22H24N2O6S3/c1-4-30-15-16-8-10-18(11-9-16)24(2)33(28,29)20-12-13-31-21(20)22(25)23-17-6-5-7-19(14-17)32(3,26)27/h5-14H,4,15H2,1-3H3,(H,23,25). The molecule has 2 aromatic carbocycles. The molecule has 0 aliphatic carbocycles. The van der Waals surface area contributed by atoms with E-state index in [-0.39, 0.29) is 20.4 Å². The van der Waals surface area contributed by atoms with Gasteiger partial charge in [0.2, 0.25) is 0 Å². The molecule has 1 amide bonds. The van der Waals surface area contributed by atoms with Gasteiger partial charge in [-0.25, -0.2) is 16.8 Å². The van der Waals surface area contributed by atoms with Gasteiger partial charge in [-0.05, 0) is 54.3 Å². The van der Waals surface area contributed by atoms with E-state index < -0.39 is 25.8 Å². The molecule has 0 aliphatic rings. The van der Waals surface area contributed by atoms with Crippen LogP contribution in [0.5, 0.6) is 0 Å². The molecular formula is C22H24N2O6S3. The number of rotatable bonds is 9. The molecule has 176 valence electrons. The molecule has 11 heteroatoms. The molecule has 0 saturated carbocycles. The number of sulfonamides is 1. The van der Waals surface area contributed by atoms with Crippen LogP contribution in [0.25, 0.3) is 0 Å². The Bertz CT molecular complexity index is 1350. The van der Waals surface area contributed by atoms with E-state index >= 15 is 0 Å². The van der Waals surface area contributed by atoms with Crippen LogP contribution in [-0.4, -0.2) is 42.7 Å². The van der Waals surface area contributed by atoms with Crippen LogP contribution in [-0.2, 0) is 31.2 Å². The predicted molar refractivity (Wildman–Crippen MR) is 129 cm³/mol. The Labute approximate surface area is 197 Å². The van der Waals surface area contributed by atoms with Crippen molar-refractivity contribution < 1.29 is 26.4 Å². The van der Waals surface area contributed by atoms with Gasteiger partial charge in [0.15, 0.2) is 9.84 Å². The fourth-order valence-electron chi connectivity index (χ4n) is 2.97. The van der Waals surface area contributed by atoms with Crippen LogP contribution in [0.15, 0.2) is 69.8 Å². The maximum absolute atomic E-state index is 13.3. The molecule has 1 heterocycles. The third-order valence-electron chi connectivity index (χ3n) is 4.77. The summed E-state index contributed by atoms with van der Waals surface area (Å²) in [6, 6.07) is 14.1. The Kier molecular flexibility index (Phi) is 7.58. The van der Waals surface area contributed by atoms with Crippen molar-refractivity contribution in [3.63, 3.8) is 0 Å². The van der Waals surface area contributed by atoms with Gasteiger partial charge in [-0.2, -0.15) is 0 Å². The first-order chi connectivity index (χ1) is 15.5. The molecule has 8 nitrogen and oxygen atoms in total. The lowest BCUT2D eigenvalue weighted by Gasteiger charge is -2.20. The first-order valence-electron chi connectivity index (χ1n) is 9.88. The third kappa shape index (κ3) is 5.80. The van der Waals surface area contributed by atoms with E-state index in [1.807, 2.05) is 6.92 Å². The van der Waals surface area contributed by atoms with Crippen LogP contribution >= 0.6 is 11.3 Å². The zero-order valence-corrected chi connectivity index (χ0v) is 20.8. The highest BCUT2D eigenvalue weighted by Crippen LogP contribution is 2.29. The first kappa shape index (κ1) is 24.9. The van der Waals surface area contributed by atoms with Crippen molar-refractivity contribution in [1.29, 1.82) is 0 Å². The van der Waals surface area contributed by atoms with Gasteiger partial charge in [0.25, 0.3) is 15.9 Å². The number of anilines is 2. The molecule has 33 heavy (non-hydrogen) atoms. The van der Waals surface area contributed by atoms with Gasteiger partial charge in [0, 0.05) is 25.6 Å². The highest BCUT2D eigenvalue weighted by Gasteiger charge is 2.28. The topological polar surface area (TPSA) is 110 Å². The number of benzene rings is 2. The summed E-state index contributed by atoms with van der Waals surface area (Å²) in [5.74, 6) is -0.644. The SMILES string of the molecule is CCOCc1ccc(N(C)S(=O)(=O)c2ccsc2C(=O)Nc2cccc(S(C)(=O)=O)c2)cc1. The summed E-state index contributed by atoms with van der Waals surface area (Å²) in [6.45, 7) is 2.91. The van der Waals surface area contributed by atoms with Crippen molar-refractivity contribution in [2.24, 2.45) is 0 Å². The van der Waals surface area contributed by atoms with E-state index in [0.29, 0.717) is 18.9 Å². The number of amides is 1. The van der Waals surface area contributed by atoms with Gasteiger partial charge in [0.05, 0.1) is 17.2 Å². The molecule has 0 radical (unpaired) electrons. The van der Waals surface area contributed by atoms with E-state index in [0.717, 1.165) is 27.5 Å². The average Bonchev–Trinajstić information content (AvgIpc) is 3.28. The van der Waals surface area contributed by atoms with Crippen LogP contribution in [0.2, 0.25) is 0 Å². The lowest BCUT2D eigenvalue weighted by molar-refractivity contribution is 0.102. The molecule has 1 N–H and O–H groups in total. The van der Waals surface area contributed by atoms with Crippen molar-refractivity contribution in [3.05, 3.63) is 70.4 Å². The zero-order valence-electron chi connectivity index (χ0n) is 18.3. The fraction of sp³-hybridized carbons (Fsp3) is 0.227. The Morgan fingerprint density at radius 1 is 1.06 bits per heavy atom. The van der Waals surface area contributed by atoms with Gasteiger partial charge >= 0.3 is 0 Å². The molecule has 0 spiro atoms. The average molecular weight is 509 g/mol. The summed E-state index contributed by atoms with van der Waals surface area (Å²) >= 11 is 0.985. The van der Waals surface area contributed by atoms with Crippen LogP contribution in [0, 0.1) is 0 Å². The Morgan fingerprint density at radius 3 is 2.39 bits per heavy atom. The molecular weight excluding hydrogens is 484 g/mol. The van der Waals surface area contributed by atoms with E-state index in [1.165, 1.54) is 42.8 Å². The zero-order chi connectivity index (χ0) is 24.2. The number of hydrogen-bond acceptors (Lipinski definition) is 7. The first-order valence-corrected chi connectivity index (χ1v) is 14.1. The summed E-state index contributed by atoms with van der Waals surface area (Å²) in [5.41, 5.74) is 1.60. The van der Waals surface area contributed by atoms with E-state index in [4.69, 9.17) is 4.74 Å². The molecule has 0 atom stereocenters. The van der Waals surface area contributed by atoms with Gasteiger partial charge in [-0.3, -0.25) is 9.10 Å². The maximum Gasteiger partial charge on any atom is 0.267 e. The largest absolute Gasteiger partial charge is 0.377 e. The Hall–Kier alpha value is -2.73. The van der Waals surface area contributed by atoms with Crippen molar-refractivity contribution in [2.45, 2.75) is 23.3 Å². The smallest absolute Gasteiger partial charge is 0.267 e. The molecule has 0 aliphatic heterocycles. The maximum atomic E-state index is 13.3. The van der Waals surface area contributed by atoms with Gasteiger partial charge < -0.3 is 10.1 Å². The number of nitrogens with zero attached hydrogens (tertiary/aromatic N) is 1. The minimum Gasteiger partial charge on any atom is -0.377 e. The van der Waals surface area contributed by atoms with Crippen molar-refractivity contribution in [2.75, 3.05) is 29.5 Å². The monoisotopic (exact) mass is 508 g/mol. The minimum absolute atomic E-state index is 0.000394. The predicted octanol–water partition coefficient (Wildman–Crippen LogP) is 3.77. The van der Waals surface area contributed by atoms with Crippen LogP contribution in [0.1, 0.15) is 22.2 Å². The molecule has 3 aromatic rings.